The summed E-state index contributed by atoms with van der Waals surface area (Å²) in [4.78, 5) is 16.6. The third-order valence-electron chi connectivity index (χ3n) is 4.28. The summed E-state index contributed by atoms with van der Waals surface area (Å²) in [6, 6.07) is 7.95. The number of carbonyl (C=O) groups excluding carboxylic acids is 1. The van der Waals surface area contributed by atoms with Crippen molar-refractivity contribution >= 4 is 23.6 Å². The van der Waals surface area contributed by atoms with Gasteiger partial charge < -0.3 is 9.64 Å². The number of hydrogen-bond donors (Lipinski definition) is 0. The molecule has 1 aliphatic heterocycles. The Morgan fingerprint density at radius 2 is 1.88 bits per heavy atom. The number of nitrogens with zero attached hydrogens (tertiary/aromatic N) is 2. The van der Waals surface area contributed by atoms with Crippen LogP contribution >= 0.6 is 11.6 Å². The van der Waals surface area contributed by atoms with Gasteiger partial charge in [0, 0.05) is 49.9 Å². The van der Waals surface area contributed by atoms with Crippen LogP contribution in [-0.4, -0.2) is 61.1 Å². The molecule has 0 radical (unpaired) electrons. The van der Waals surface area contributed by atoms with Gasteiger partial charge in [0.25, 0.3) is 0 Å². The molecule has 1 aliphatic rings. The summed E-state index contributed by atoms with van der Waals surface area (Å²) in [6.07, 6.45) is 4.08. The Morgan fingerprint density at radius 1 is 1.21 bits per heavy atom. The smallest absolute Gasteiger partial charge is 0.330 e. The quantitative estimate of drug-likeness (QED) is 0.429. The summed E-state index contributed by atoms with van der Waals surface area (Å²) in [6.45, 7) is 10.4. The molecular formula is C19H27ClN2O2. The number of benzene rings is 1. The monoisotopic (exact) mass is 350 g/mol. The van der Waals surface area contributed by atoms with E-state index in [1.54, 1.807) is 18.2 Å². The fourth-order valence-corrected chi connectivity index (χ4v) is 2.88. The molecule has 0 saturated carbocycles. The summed E-state index contributed by atoms with van der Waals surface area (Å²) < 4.78 is 5.25. The van der Waals surface area contributed by atoms with Crippen LogP contribution < -0.4 is 0 Å². The van der Waals surface area contributed by atoms with Crippen LogP contribution in [0.1, 0.15) is 25.8 Å². The van der Waals surface area contributed by atoms with E-state index in [0.29, 0.717) is 17.7 Å². The van der Waals surface area contributed by atoms with Crippen LogP contribution in [0.25, 0.3) is 6.08 Å². The van der Waals surface area contributed by atoms with Crippen LogP contribution in [-0.2, 0) is 9.53 Å². The lowest BCUT2D eigenvalue weighted by Crippen LogP contribution is -2.49. The van der Waals surface area contributed by atoms with Crippen molar-refractivity contribution in [2.45, 2.75) is 26.3 Å². The van der Waals surface area contributed by atoms with Gasteiger partial charge in [-0.15, -0.1) is 0 Å². The average Bonchev–Trinajstić information content (AvgIpc) is 2.58. The first kappa shape index (κ1) is 19.0. The van der Waals surface area contributed by atoms with E-state index in [0.717, 1.165) is 44.7 Å². The highest BCUT2D eigenvalue weighted by Crippen LogP contribution is 2.10. The number of ether oxygens (including phenoxy) is 1. The average molecular weight is 351 g/mol. The van der Waals surface area contributed by atoms with Crippen LogP contribution in [0.15, 0.2) is 30.3 Å². The van der Waals surface area contributed by atoms with Crippen LogP contribution in [0.4, 0.5) is 0 Å². The third-order valence-corrected chi connectivity index (χ3v) is 4.53. The Balaban J connectivity index is 1.59. The molecule has 1 fully saturated rings. The van der Waals surface area contributed by atoms with Crippen molar-refractivity contribution in [1.29, 1.82) is 0 Å². The molecule has 5 heteroatoms. The highest BCUT2D eigenvalue weighted by Gasteiger charge is 2.18. The van der Waals surface area contributed by atoms with Crippen molar-refractivity contribution in [2.75, 3.05) is 39.3 Å². The molecule has 0 aliphatic carbocycles. The van der Waals surface area contributed by atoms with Gasteiger partial charge in [0.15, 0.2) is 0 Å². The van der Waals surface area contributed by atoms with Gasteiger partial charge in [-0.1, -0.05) is 23.7 Å². The van der Waals surface area contributed by atoms with Gasteiger partial charge in [0.05, 0.1) is 6.61 Å². The zero-order chi connectivity index (χ0) is 17.4. The number of halogens is 1. The second-order valence-corrected chi connectivity index (χ2v) is 6.81. The second-order valence-electron chi connectivity index (χ2n) is 6.38. The minimum absolute atomic E-state index is 0.297. The molecule has 0 aromatic heterocycles. The van der Waals surface area contributed by atoms with E-state index in [2.05, 4.69) is 23.6 Å². The van der Waals surface area contributed by atoms with Gasteiger partial charge in [0.1, 0.15) is 0 Å². The van der Waals surface area contributed by atoms with Gasteiger partial charge in [-0.3, -0.25) is 4.90 Å². The van der Waals surface area contributed by atoms with E-state index in [1.807, 2.05) is 12.1 Å². The topological polar surface area (TPSA) is 32.8 Å². The first-order valence-corrected chi connectivity index (χ1v) is 8.99. The van der Waals surface area contributed by atoms with Crippen molar-refractivity contribution in [3.8, 4) is 0 Å². The molecule has 1 aromatic rings. The molecule has 0 N–H and O–H groups in total. The highest BCUT2D eigenvalue weighted by molar-refractivity contribution is 6.30. The van der Waals surface area contributed by atoms with E-state index in [9.17, 15) is 4.79 Å². The van der Waals surface area contributed by atoms with E-state index in [1.165, 1.54) is 6.08 Å². The SMILES string of the molecule is CC(C)N1CCN(CCCOC(=O)C=Cc2ccc(Cl)cc2)CC1. The Kier molecular flexibility index (Phi) is 7.76. The molecule has 0 bridgehead atoms. The summed E-state index contributed by atoms with van der Waals surface area (Å²) in [5.41, 5.74) is 0.930. The minimum atomic E-state index is -0.297. The molecular weight excluding hydrogens is 324 g/mol. The normalized spacial score (nSPS) is 16.8. The first-order chi connectivity index (χ1) is 11.5. The van der Waals surface area contributed by atoms with E-state index >= 15 is 0 Å². The first-order valence-electron chi connectivity index (χ1n) is 8.61. The molecule has 2 rings (SSSR count). The van der Waals surface area contributed by atoms with Crippen molar-refractivity contribution in [3.63, 3.8) is 0 Å². The number of piperazine rings is 1. The lowest BCUT2D eigenvalue weighted by molar-refractivity contribution is -0.137. The standard InChI is InChI=1S/C19H27ClN2O2/c1-16(2)22-13-11-21(12-14-22)10-3-15-24-19(23)9-6-17-4-7-18(20)8-5-17/h4-9,16H,3,10-15H2,1-2H3. The predicted octanol–water partition coefficient (Wildman–Crippen LogP) is 3.31. The molecule has 1 aromatic carbocycles. The number of rotatable bonds is 7. The lowest BCUT2D eigenvalue weighted by atomic mass is 10.2. The summed E-state index contributed by atoms with van der Waals surface area (Å²) in [5.74, 6) is -0.297. The largest absolute Gasteiger partial charge is 0.462 e. The van der Waals surface area contributed by atoms with Gasteiger partial charge in [-0.05, 0) is 44.0 Å². The minimum Gasteiger partial charge on any atom is -0.462 e. The summed E-state index contributed by atoms with van der Waals surface area (Å²) in [7, 11) is 0. The van der Waals surface area contributed by atoms with Gasteiger partial charge >= 0.3 is 5.97 Å². The van der Waals surface area contributed by atoms with E-state index in [4.69, 9.17) is 16.3 Å². The van der Waals surface area contributed by atoms with Crippen LogP contribution in [0.5, 0.6) is 0 Å². The molecule has 24 heavy (non-hydrogen) atoms. The van der Waals surface area contributed by atoms with Crippen LogP contribution in [0.2, 0.25) is 5.02 Å². The molecule has 0 unspecified atom stereocenters. The van der Waals surface area contributed by atoms with E-state index < -0.39 is 0 Å². The third kappa shape index (κ3) is 6.63. The van der Waals surface area contributed by atoms with Crippen molar-refractivity contribution in [3.05, 3.63) is 40.9 Å². The van der Waals surface area contributed by atoms with Crippen molar-refractivity contribution < 1.29 is 9.53 Å². The zero-order valence-corrected chi connectivity index (χ0v) is 15.3. The Hall–Kier alpha value is -1.36. The fourth-order valence-electron chi connectivity index (χ4n) is 2.75. The molecule has 1 heterocycles. The molecule has 0 atom stereocenters. The van der Waals surface area contributed by atoms with Crippen LogP contribution in [0.3, 0.4) is 0 Å². The maximum absolute atomic E-state index is 11.7. The Labute approximate surface area is 150 Å². The van der Waals surface area contributed by atoms with Gasteiger partial charge in [-0.2, -0.15) is 0 Å². The Bertz CT molecular complexity index is 535. The van der Waals surface area contributed by atoms with Gasteiger partial charge in [0.2, 0.25) is 0 Å². The second kappa shape index (κ2) is 9.82. The summed E-state index contributed by atoms with van der Waals surface area (Å²) in [5, 5.41) is 0.684. The van der Waals surface area contributed by atoms with E-state index in [-0.39, 0.29) is 5.97 Å². The molecule has 0 spiro atoms. The number of carbonyl (C=O) groups is 1. The van der Waals surface area contributed by atoms with Crippen molar-refractivity contribution in [1.82, 2.24) is 9.80 Å². The molecule has 4 nitrogen and oxygen atoms in total. The molecule has 1 saturated heterocycles. The lowest BCUT2D eigenvalue weighted by Gasteiger charge is -2.36. The maximum atomic E-state index is 11.7. The summed E-state index contributed by atoms with van der Waals surface area (Å²) >= 11 is 5.82. The Morgan fingerprint density at radius 3 is 2.50 bits per heavy atom. The van der Waals surface area contributed by atoms with Crippen LogP contribution in [0, 0.1) is 0 Å². The number of hydrogen-bond acceptors (Lipinski definition) is 4. The highest BCUT2D eigenvalue weighted by atomic mass is 35.5. The maximum Gasteiger partial charge on any atom is 0.330 e. The predicted molar refractivity (Wildman–Crippen MR) is 99.2 cm³/mol. The molecule has 132 valence electrons. The van der Waals surface area contributed by atoms with Gasteiger partial charge in [-0.25, -0.2) is 4.79 Å². The van der Waals surface area contributed by atoms with Crippen molar-refractivity contribution in [2.24, 2.45) is 0 Å². The fraction of sp³-hybridized carbons (Fsp3) is 0.526. The molecule has 0 amide bonds. The zero-order valence-electron chi connectivity index (χ0n) is 14.6. The number of esters is 1.